The Labute approximate surface area is 47.5 Å². The second-order valence-electron chi connectivity index (χ2n) is 0.822. The van der Waals surface area contributed by atoms with E-state index in [0.717, 1.165) is 0 Å². The summed E-state index contributed by atoms with van der Waals surface area (Å²) in [4.78, 5) is 14.0. The van der Waals surface area contributed by atoms with Crippen LogP contribution in [0.15, 0.2) is 0 Å². The second-order valence-corrected chi connectivity index (χ2v) is 0.822. The van der Waals surface area contributed by atoms with Crippen LogP contribution in [0.3, 0.4) is 0 Å². The van der Waals surface area contributed by atoms with Crippen LogP contribution in [0.4, 0.5) is 18.2 Å². The Balaban J connectivity index is 3.43. The highest BCUT2D eigenvalue weighted by Gasteiger charge is 2.29. The van der Waals surface area contributed by atoms with Crippen LogP contribution in [0, 0.1) is 0 Å². The highest BCUT2D eigenvalue weighted by Crippen LogP contribution is 1.95. The Morgan fingerprint density at radius 3 is 1.89 bits per heavy atom. The predicted molar refractivity (Wildman–Crippen MR) is 17.7 cm³/mol. The Morgan fingerprint density at radius 1 is 1.33 bits per heavy atom. The van der Waals surface area contributed by atoms with Crippen LogP contribution >= 0.6 is 0 Å². The van der Waals surface area contributed by atoms with Crippen molar-refractivity contribution in [1.29, 1.82) is 0 Å². The van der Waals surface area contributed by atoms with E-state index >= 15 is 0 Å². The molecule has 0 aliphatic heterocycles. The fourth-order valence-corrected chi connectivity index (χ4v) is 0.126. The Hall–Kier alpha value is -0.755. The highest BCUT2D eigenvalue weighted by atomic mass is 19.3. The van der Waals surface area contributed by atoms with Crippen LogP contribution in [0.5, 0.6) is 0 Å². The molecule has 0 saturated carbocycles. The maximum Gasteiger partial charge on any atom is 0.782 e. The van der Waals surface area contributed by atoms with Crippen molar-refractivity contribution < 1.29 is 32.6 Å². The van der Waals surface area contributed by atoms with Gasteiger partial charge in [0.1, 0.15) is 0 Å². The molecule has 0 spiro atoms. The smallest absolute Gasteiger partial charge is 0.455 e. The SMILES string of the molecule is O=C(F)OB(OF)OF. The Bertz CT molecular complexity index is 93.8. The van der Waals surface area contributed by atoms with E-state index in [1.165, 1.54) is 0 Å². The molecule has 8 heteroatoms. The molecule has 0 rings (SSSR count). The summed E-state index contributed by atoms with van der Waals surface area (Å²) in [5.74, 6) is 0. The first kappa shape index (κ1) is 8.24. The second kappa shape index (κ2) is 4.16. The third kappa shape index (κ3) is 3.80. The van der Waals surface area contributed by atoms with Crippen LogP contribution < -0.4 is 0 Å². The van der Waals surface area contributed by atoms with Crippen LogP contribution in [-0.4, -0.2) is 13.5 Å². The topological polar surface area (TPSA) is 44.8 Å². The van der Waals surface area contributed by atoms with Crippen molar-refractivity contribution in [2.75, 3.05) is 0 Å². The summed E-state index contributed by atoms with van der Waals surface area (Å²) < 4.78 is 35.4. The van der Waals surface area contributed by atoms with Crippen molar-refractivity contribution in [3.8, 4) is 0 Å². The molecule has 9 heavy (non-hydrogen) atoms. The zero-order chi connectivity index (χ0) is 7.28. The Kier molecular flexibility index (Phi) is 3.81. The van der Waals surface area contributed by atoms with E-state index in [4.69, 9.17) is 0 Å². The zero-order valence-corrected chi connectivity index (χ0v) is 3.84. The first-order chi connectivity index (χ1) is 4.20. The lowest BCUT2D eigenvalue weighted by molar-refractivity contribution is -0.135. The average molecular weight is 144 g/mol. The van der Waals surface area contributed by atoms with Crippen molar-refractivity contribution >= 4 is 13.5 Å². The quantitative estimate of drug-likeness (QED) is 0.435. The molecule has 0 radical (unpaired) electrons. The third-order valence-electron chi connectivity index (χ3n) is 0.334. The first-order valence-electron chi connectivity index (χ1n) is 1.61. The largest absolute Gasteiger partial charge is 0.782 e. The monoisotopic (exact) mass is 144 g/mol. The average Bonchev–Trinajstić information content (AvgIpc) is 1.82. The summed E-state index contributed by atoms with van der Waals surface area (Å²) in [6.07, 6.45) is -2.41. The lowest BCUT2D eigenvalue weighted by Gasteiger charge is -1.95. The molecule has 0 aliphatic rings. The minimum atomic E-state index is -2.58. The van der Waals surface area contributed by atoms with Gasteiger partial charge in [-0.3, -0.25) is 0 Å². The number of hydrogen-bond acceptors (Lipinski definition) is 4. The van der Waals surface area contributed by atoms with Crippen LogP contribution in [-0.2, 0) is 14.4 Å². The standard InChI is InChI=1S/CBF3O4/c3-1(6)7-2(8-4)9-5. The van der Waals surface area contributed by atoms with E-state index in [2.05, 4.69) is 14.4 Å². The number of carbonyl (C=O) groups is 1. The summed E-state index contributed by atoms with van der Waals surface area (Å²) >= 11 is 0. The molecule has 0 heterocycles. The van der Waals surface area contributed by atoms with Crippen molar-refractivity contribution in [1.82, 2.24) is 0 Å². The minimum Gasteiger partial charge on any atom is -0.455 e. The molecular formula is CBF3O4. The van der Waals surface area contributed by atoms with Gasteiger partial charge in [0.2, 0.25) is 0 Å². The summed E-state index contributed by atoms with van der Waals surface area (Å²) in [5.41, 5.74) is 0. The third-order valence-corrected chi connectivity index (χ3v) is 0.334. The summed E-state index contributed by atoms with van der Waals surface area (Å²) in [6, 6.07) is 0. The van der Waals surface area contributed by atoms with Gasteiger partial charge in [0.15, 0.2) is 0 Å². The predicted octanol–water partition coefficient (Wildman–Crippen LogP) is 0.880. The molecule has 0 amide bonds. The van der Waals surface area contributed by atoms with E-state index in [1.807, 2.05) is 0 Å². The summed E-state index contributed by atoms with van der Waals surface area (Å²) in [6.45, 7) is 0. The molecule has 0 aromatic heterocycles. The van der Waals surface area contributed by atoms with Gasteiger partial charge >= 0.3 is 13.5 Å². The van der Waals surface area contributed by atoms with Crippen LogP contribution in [0.25, 0.3) is 0 Å². The fourth-order valence-electron chi connectivity index (χ4n) is 0.126. The van der Waals surface area contributed by atoms with Gasteiger partial charge in [-0.15, -0.1) is 4.39 Å². The van der Waals surface area contributed by atoms with Gasteiger partial charge in [0, 0.05) is 0 Å². The van der Waals surface area contributed by atoms with Gasteiger partial charge in [0.05, 0.1) is 0 Å². The van der Waals surface area contributed by atoms with Crippen LogP contribution in [0.2, 0.25) is 0 Å². The number of rotatable bonds is 3. The maximum atomic E-state index is 11.0. The maximum absolute atomic E-state index is 11.0. The van der Waals surface area contributed by atoms with E-state index in [1.54, 1.807) is 0 Å². The molecule has 0 aliphatic carbocycles. The molecule has 0 fully saturated rings. The van der Waals surface area contributed by atoms with E-state index < -0.39 is 13.5 Å². The fraction of sp³-hybridized carbons (Fsp3) is 0. The summed E-state index contributed by atoms with van der Waals surface area (Å²) in [7, 11) is -2.58. The molecule has 0 aromatic carbocycles. The minimum absolute atomic E-state index is 2.41. The van der Waals surface area contributed by atoms with E-state index in [-0.39, 0.29) is 0 Å². The molecule has 0 N–H and O–H groups in total. The van der Waals surface area contributed by atoms with Crippen molar-refractivity contribution in [3.05, 3.63) is 0 Å². The van der Waals surface area contributed by atoms with Crippen molar-refractivity contribution in [2.24, 2.45) is 0 Å². The van der Waals surface area contributed by atoms with Gasteiger partial charge in [-0.2, -0.15) is 9.72 Å². The number of carbonyl (C=O) groups excluding carboxylic acids is 1. The first-order valence-corrected chi connectivity index (χ1v) is 1.61. The van der Waals surface area contributed by atoms with Gasteiger partial charge in [-0.1, -0.05) is 9.05 Å². The molecule has 0 atom stereocenters. The van der Waals surface area contributed by atoms with Gasteiger partial charge in [-0.25, -0.2) is 4.79 Å². The number of halogens is 3. The van der Waals surface area contributed by atoms with Crippen molar-refractivity contribution in [3.63, 3.8) is 0 Å². The lowest BCUT2D eigenvalue weighted by atomic mass is 10.3. The van der Waals surface area contributed by atoms with Gasteiger partial charge < -0.3 is 4.65 Å². The molecular weight excluding hydrogens is 144 g/mol. The van der Waals surface area contributed by atoms with Gasteiger partial charge in [-0.05, 0) is 0 Å². The normalized spacial score (nSPS) is 8.78. The molecule has 52 valence electrons. The van der Waals surface area contributed by atoms with Gasteiger partial charge in [0.25, 0.3) is 0 Å². The zero-order valence-electron chi connectivity index (χ0n) is 3.84. The van der Waals surface area contributed by atoms with Crippen LogP contribution in [0.1, 0.15) is 0 Å². The van der Waals surface area contributed by atoms with E-state index in [0.29, 0.717) is 0 Å². The van der Waals surface area contributed by atoms with Crippen molar-refractivity contribution in [2.45, 2.75) is 0 Å². The molecule has 0 aromatic rings. The lowest BCUT2D eigenvalue weighted by Crippen LogP contribution is -2.22. The molecule has 0 unspecified atom stereocenters. The molecule has 4 nitrogen and oxygen atoms in total. The summed E-state index contributed by atoms with van der Waals surface area (Å²) in [5, 5.41) is 0. The molecule has 0 saturated heterocycles. The number of hydrogen-bond donors (Lipinski definition) is 0. The highest BCUT2D eigenvalue weighted by molar-refractivity contribution is 6.38. The van der Waals surface area contributed by atoms with E-state index in [9.17, 15) is 18.2 Å². The Morgan fingerprint density at radius 2 is 1.78 bits per heavy atom. The molecule has 0 bridgehead atoms.